The molecule has 3 aromatic rings. The minimum Gasteiger partial charge on any atom is -0.369 e. The summed E-state index contributed by atoms with van der Waals surface area (Å²) in [5.74, 6) is -0.137. The van der Waals surface area contributed by atoms with Gasteiger partial charge in [-0.15, -0.1) is 0 Å². The molecule has 4 nitrogen and oxygen atoms in total. The number of nitrogens with two attached hydrogens (primary N) is 1. The Balaban J connectivity index is 2.35. The molecule has 0 bridgehead atoms. The van der Waals surface area contributed by atoms with Gasteiger partial charge in [0.25, 0.3) is 0 Å². The highest BCUT2D eigenvalue weighted by Gasteiger charge is 2.14. The van der Waals surface area contributed by atoms with Crippen molar-refractivity contribution in [1.29, 1.82) is 0 Å². The number of rotatable bonds is 1. The van der Waals surface area contributed by atoms with Crippen LogP contribution in [-0.4, -0.2) is 14.5 Å². The van der Waals surface area contributed by atoms with Crippen molar-refractivity contribution in [3.05, 3.63) is 46.9 Å². The van der Waals surface area contributed by atoms with Crippen LogP contribution in [0.4, 0.5) is 10.3 Å². The Morgan fingerprint density at radius 3 is 2.74 bits per heavy atom. The second-order valence-electron chi connectivity index (χ2n) is 4.20. The van der Waals surface area contributed by atoms with E-state index in [2.05, 4.69) is 9.97 Å². The molecule has 2 N–H and O–H groups in total. The maximum absolute atomic E-state index is 13.1. The first-order chi connectivity index (χ1) is 9.06. The molecule has 0 aliphatic rings. The number of benzene rings is 1. The molecule has 6 heteroatoms. The lowest BCUT2D eigenvalue weighted by atomic mass is 10.3. The first kappa shape index (κ1) is 11.9. The fourth-order valence-electron chi connectivity index (χ4n) is 1.97. The lowest BCUT2D eigenvalue weighted by Gasteiger charge is -2.08. The molecule has 0 radical (unpaired) electrons. The molecule has 96 valence electrons. The lowest BCUT2D eigenvalue weighted by Crippen LogP contribution is -2.02. The summed E-state index contributed by atoms with van der Waals surface area (Å²) in [7, 11) is 0. The third-order valence-electron chi connectivity index (χ3n) is 2.82. The van der Waals surface area contributed by atoms with Crippen molar-refractivity contribution >= 4 is 28.7 Å². The molecule has 1 aromatic carbocycles. The van der Waals surface area contributed by atoms with Crippen molar-refractivity contribution in [1.82, 2.24) is 14.5 Å². The van der Waals surface area contributed by atoms with Crippen molar-refractivity contribution in [3.8, 4) is 5.69 Å². The molecule has 2 heterocycles. The highest BCUT2D eigenvalue weighted by molar-refractivity contribution is 6.32. The first-order valence-electron chi connectivity index (χ1n) is 5.63. The second kappa shape index (κ2) is 4.20. The van der Waals surface area contributed by atoms with Crippen LogP contribution < -0.4 is 5.73 Å². The number of aryl methyl sites for hydroxylation is 1. The molecule has 0 aliphatic heterocycles. The molecule has 3 rings (SSSR count). The quantitative estimate of drug-likeness (QED) is 0.743. The van der Waals surface area contributed by atoms with Crippen LogP contribution in [0.5, 0.6) is 0 Å². The number of nitrogens with zero attached hydrogens (tertiary/aromatic N) is 3. The fraction of sp³-hybridized carbons (Fsp3) is 0.0769. The van der Waals surface area contributed by atoms with E-state index in [9.17, 15) is 4.39 Å². The van der Waals surface area contributed by atoms with E-state index in [1.807, 2.05) is 19.1 Å². The van der Waals surface area contributed by atoms with E-state index >= 15 is 0 Å². The monoisotopic (exact) mass is 276 g/mol. The van der Waals surface area contributed by atoms with Crippen molar-refractivity contribution < 1.29 is 4.39 Å². The van der Waals surface area contributed by atoms with Gasteiger partial charge in [0, 0.05) is 5.69 Å². The Morgan fingerprint density at radius 2 is 2.00 bits per heavy atom. The van der Waals surface area contributed by atoms with E-state index in [1.165, 1.54) is 12.1 Å². The van der Waals surface area contributed by atoms with E-state index in [0.29, 0.717) is 16.9 Å². The number of halogens is 2. The Hall–Kier alpha value is -2.14. The molecule has 19 heavy (non-hydrogen) atoms. The third-order valence-corrected chi connectivity index (χ3v) is 3.12. The predicted molar refractivity (Wildman–Crippen MR) is 73.0 cm³/mol. The normalized spacial score (nSPS) is 11.1. The SMILES string of the molecule is Cc1ccc2nc(N)n(-c3ccc(F)cc3Cl)c2n1. The van der Waals surface area contributed by atoms with Gasteiger partial charge in [0.05, 0.1) is 10.7 Å². The van der Waals surface area contributed by atoms with Gasteiger partial charge < -0.3 is 5.73 Å². The molecule has 2 aromatic heterocycles. The summed E-state index contributed by atoms with van der Waals surface area (Å²) in [4.78, 5) is 8.62. The summed E-state index contributed by atoms with van der Waals surface area (Å²) in [6.45, 7) is 1.87. The zero-order valence-electron chi connectivity index (χ0n) is 10.1. The van der Waals surface area contributed by atoms with Gasteiger partial charge in [0.2, 0.25) is 5.95 Å². The fourth-order valence-corrected chi connectivity index (χ4v) is 2.22. The second-order valence-corrected chi connectivity index (χ2v) is 4.60. The van der Waals surface area contributed by atoms with Gasteiger partial charge in [-0.2, -0.15) is 0 Å². The highest BCUT2D eigenvalue weighted by Crippen LogP contribution is 2.27. The van der Waals surface area contributed by atoms with Crippen LogP contribution in [0.2, 0.25) is 5.02 Å². The number of hydrogen-bond donors (Lipinski definition) is 1. The van der Waals surface area contributed by atoms with Crippen LogP contribution in [0.3, 0.4) is 0 Å². The van der Waals surface area contributed by atoms with Crippen molar-refractivity contribution in [2.45, 2.75) is 6.92 Å². The molecular formula is C13H10ClFN4. The highest BCUT2D eigenvalue weighted by atomic mass is 35.5. The van der Waals surface area contributed by atoms with Gasteiger partial charge in [-0.25, -0.2) is 14.4 Å². The maximum atomic E-state index is 13.1. The van der Waals surface area contributed by atoms with Crippen LogP contribution >= 0.6 is 11.6 Å². The summed E-state index contributed by atoms with van der Waals surface area (Å²) in [6.07, 6.45) is 0. The van der Waals surface area contributed by atoms with Crippen LogP contribution in [0.25, 0.3) is 16.9 Å². The summed E-state index contributed by atoms with van der Waals surface area (Å²) >= 11 is 6.06. The number of hydrogen-bond acceptors (Lipinski definition) is 3. The lowest BCUT2D eigenvalue weighted by molar-refractivity contribution is 0.627. The Labute approximate surface area is 113 Å². The molecule has 0 atom stereocenters. The number of nitrogen functional groups attached to an aromatic ring is 1. The number of aromatic nitrogens is 3. The average molecular weight is 277 g/mol. The molecule has 0 spiro atoms. The number of pyridine rings is 1. The number of imidazole rings is 1. The van der Waals surface area contributed by atoms with E-state index in [4.69, 9.17) is 17.3 Å². The van der Waals surface area contributed by atoms with Crippen LogP contribution in [0, 0.1) is 12.7 Å². The summed E-state index contributed by atoms with van der Waals surface area (Å²) in [5, 5.41) is 0.259. The molecule has 0 saturated heterocycles. The van der Waals surface area contributed by atoms with E-state index in [1.54, 1.807) is 10.6 Å². The number of anilines is 1. The van der Waals surface area contributed by atoms with E-state index in [-0.39, 0.29) is 11.0 Å². The molecule has 0 amide bonds. The molecule has 0 aliphatic carbocycles. The van der Waals surface area contributed by atoms with Gasteiger partial charge >= 0.3 is 0 Å². The summed E-state index contributed by atoms with van der Waals surface area (Å²) in [5.41, 5.74) is 8.57. The van der Waals surface area contributed by atoms with Crippen LogP contribution in [0.1, 0.15) is 5.69 Å². The topological polar surface area (TPSA) is 56.7 Å². The molecular weight excluding hydrogens is 267 g/mol. The standard InChI is InChI=1S/C13H10ClFN4/c1-7-2-4-10-12(17-7)19(13(16)18-10)11-5-3-8(15)6-9(11)14/h2-6H,1H3,(H2,16,18). The van der Waals surface area contributed by atoms with Crippen molar-refractivity contribution in [2.75, 3.05) is 5.73 Å². The first-order valence-corrected chi connectivity index (χ1v) is 6.01. The molecule has 0 fully saturated rings. The average Bonchev–Trinajstić information content (AvgIpc) is 2.65. The summed E-state index contributed by atoms with van der Waals surface area (Å²) < 4.78 is 14.7. The Morgan fingerprint density at radius 1 is 1.21 bits per heavy atom. The Bertz CT molecular complexity index is 782. The minimum absolute atomic E-state index is 0.259. The van der Waals surface area contributed by atoms with Gasteiger partial charge in [0.15, 0.2) is 5.65 Å². The molecule has 0 saturated carbocycles. The van der Waals surface area contributed by atoms with Gasteiger partial charge in [-0.1, -0.05) is 11.6 Å². The summed E-state index contributed by atoms with van der Waals surface area (Å²) in [6, 6.07) is 7.80. The van der Waals surface area contributed by atoms with E-state index in [0.717, 1.165) is 5.69 Å². The zero-order chi connectivity index (χ0) is 13.6. The maximum Gasteiger partial charge on any atom is 0.207 e. The van der Waals surface area contributed by atoms with Gasteiger partial charge in [-0.3, -0.25) is 4.57 Å². The Kier molecular flexibility index (Phi) is 2.64. The largest absolute Gasteiger partial charge is 0.369 e. The van der Waals surface area contributed by atoms with Crippen LogP contribution in [-0.2, 0) is 0 Å². The number of fused-ring (bicyclic) bond motifs is 1. The van der Waals surface area contributed by atoms with Crippen LogP contribution in [0.15, 0.2) is 30.3 Å². The minimum atomic E-state index is -0.402. The zero-order valence-corrected chi connectivity index (χ0v) is 10.8. The van der Waals surface area contributed by atoms with Crippen molar-refractivity contribution in [2.24, 2.45) is 0 Å². The van der Waals surface area contributed by atoms with Gasteiger partial charge in [0.1, 0.15) is 11.3 Å². The van der Waals surface area contributed by atoms with Crippen molar-refractivity contribution in [3.63, 3.8) is 0 Å². The predicted octanol–water partition coefficient (Wildman–Crippen LogP) is 3.10. The smallest absolute Gasteiger partial charge is 0.207 e. The third kappa shape index (κ3) is 1.92. The molecule has 0 unspecified atom stereocenters. The van der Waals surface area contributed by atoms with Gasteiger partial charge in [-0.05, 0) is 37.3 Å². The van der Waals surface area contributed by atoms with E-state index < -0.39 is 5.82 Å².